The molecule has 9 nitrogen and oxygen atoms in total. The van der Waals surface area contributed by atoms with Gasteiger partial charge in [-0.25, -0.2) is 17.9 Å². The Morgan fingerprint density at radius 3 is 2.68 bits per heavy atom. The molecule has 4 rings (SSSR count). The Balaban J connectivity index is 1.40. The Morgan fingerprint density at radius 1 is 1.14 bits per heavy atom. The summed E-state index contributed by atoms with van der Waals surface area (Å²) >= 11 is 2.55. The van der Waals surface area contributed by atoms with Crippen LogP contribution in [0.25, 0.3) is 4.96 Å². The lowest BCUT2D eigenvalue weighted by Crippen LogP contribution is -2.16. The molecule has 0 aliphatic heterocycles. The van der Waals surface area contributed by atoms with Gasteiger partial charge < -0.3 is 0 Å². The molecule has 0 saturated carbocycles. The number of hydrogen-bond donors (Lipinski definition) is 2. The molecule has 0 spiro atoms. The van der Waals surface area contributed by atoms with Crippen LogP contribution in [0, 0.1) is 6.92 Å². The number of aryl methyl sites for hydroxylation is 1. The number of amides is 1. The molecule has 0 radical (unpaired) electrons. The van der Waals surface area contributed by atoms with Gasteiger partial charge in [0.05, 0.1) is 22.7 Å². The quantitative estimate of drug-likeness (QED) is 0.481. The molecule has 1 aromatic carbocycles. The van der Waals surface area contributed by atoms with E-state index in [2.05, 4.69) is 25.1 Å². The van der Waals surface area contributed by atoms with Crippen molar-refractivity contribution in [3.63, 3.8) is 0 Å². The van der Waals surface area contributed by atoms with Crippen LogP contribution in [0.15, 0.2) is 46.0 Å². The number of nitrogens with one attached hydrogen (secondary N) is 2. The number of nitrogens with zero attached hydrogens (tertiary/aromatic N) is 4. The third-order valence-corrected chi connectivity index (χ3v) is 6.89. The number of thiazole rings is 2. The van der Waals surface area contributed by atoms with Gasteiger partial charge in [0.2, 0.25) is 16.8 Å². The standard InChI is InChI=1S/C16H14N6O3S3/c1-10-8-27-16-19-14(20-22(10)16)18-13(23)7-11-9-26-15(17-11)21-28(24,25)12-5-3-2-4-6-12/h2-6,8-9H,7H2,1H3,(H,17,21)(H,18,20,23). The maximum Gasteiger partial charge on any atom is 0.263 e. The molecule has 2 N–H and O–H groups in total. The van der Waals surface area contributed by atoms with E-state index in [9.17, 15) is 13.2 Å². The van der Waals surface area contributed by atoms with Crippen molar-refractivity contribution >= 4 is 54.6 Å². The van der Waals surface area contributed by atoms with Gasteiger partial charge in [-0.2, -0.15) is 4.98 Å². The van der Waals surface area contributed by atoms with Gasteiger partial charge in [0.15, 0.2) is 5.13 Å². The molecule has 0 fully saturated rings. The Kier molecular flexibility index (Phi) is 4.83. The molecule has 0 atom stereocenters. The molecular weight excluding hydrogens is 420 g/mol. The molecule has 144 valence electrons. The van der Waals surface area contributed by atoms with E-state index in [4.69, 9.17) is 0 Å². The predicted molar refractivity (Wildman–Crippen MR) is 107 cm³/mol. The van der Waals surface area contributed by atoms with Crippen LogP contribution in [-0.4, -0.2) is 33.9 Å². The number of fused-ring (bicyclic) bond motifs is 1. The maximum absolute atomic E-state index is 12.3. The summed E-state index contributed by atoms with van der Waals surface area (Å²) in [7, 11) is -3.71. The maximum atomic E-state index is 12.3. The monoisotopic (exact) mass is 434 g/mol. The van der Waals surface area contributed by atoms with Crippen molar-refractivity contribution in [3.05, 3.63) is 52.5 Å². The average molecular weight is 435 g/mol. The first-order chi connectivity index (χ1) is 13.4. The summed E-state index contributed by atoms with van der Waals surface area (Å²) < 4.78 is 28.7. The average Bonchev–Trinajstić information content (AvgIpc) is 3.34. The molecular formula is C16H14N6O3S3. The highest BCUT2D eigenvalue weighted by Crippen LogP contribution is 2.21. The Hall–Kier alpha value is -2.83. The lowest BCUT2D eigenvalue weighted by Gasteiger charge is -2.04. The first-order valence-corrected chi connectivity index (χ1v) is 11.3. The van der Waals surface area contributed by atoms with E-state index in [1.165, 1.54) is 23.5 Å². The predicted octanol–water partition coefficient (Wildman–Crippen LogP) is 2.54. The van der Waals surface area contributed by atoms with Crippen molar-refractivity contribution in [3.8, 4) is 0 Å². The van der Waals surface area contributed by atoms with E-state index >= 15 is 0 Å². The summed E-state index contributed by atoms with van der Waals surface area (Å²) in [5, 5.41) is 10.6. The summed E-state index contributed by atoms with van der Waals surface area (Å²) in [6, 6.07) is 8.01. The van der Waals surface area contributed by atoms with Crippen molar-refractivity contribution in [1.29, 1.82) is 0 Å². The lowest BCUT2D eigenvalue weighted by molar-refractivity contribution is -0.115. The highest BCUT2D eigenvalue weighted by Gasteiger charge is 2.17. The lowest BCUT2D eigenvalue weighted by atomic mass is 10.3. The molecule has 0 unspecified atom stereocenters. The van der Waals surface area contributed by atoms with Crippen molar-refractivity contribution in [2.45, 2.75) is 18.2 Å². The second-order valence-corrected chi connectivity index (χ2v) is 9.17. The Labute approximate surface area is 168 Å². The van der Waals surface area contributed by atoms with Gasteiger partial charge in [-0.3, -0.25) is 14.8 Å². The smallest absolute Gasteiger partial charge is 0.263 e. The normalized spacial score (nSPS) is 11.6. The van der Waals surface area contributed by atoms with Crippen LogP contribution < -0.4 is 10.0 Å². The number of hydrogen-bond acceptors (Lipinski definition) is 8. The molecule has 12 heteroatoms. The summed E-state index contributed by atoms with van der Waals surface area (Å²) in [5.74, 6) is -0.112. The third kappa shape index (κ3) is 3.88. The second-order valence-electron chi connectivity index (χ2n) is 5.79. The van der Waals surface area contributed by atoms with Gasteiger partial charge >= 0.3 is 0 Å². The minimum absolute atomic E-state index is 0.0185. The van der Waals surface area contributed by atoms with Crippen molar-refractivity contribution in [1.82, 2.24) is 19.6 Å². The largest absolute Gasteiger partial charge is 0.293 e. The number of benzene rings is 1. The summed E-state index contributed by atoms with van der Waals surface area (Å²) in [4.78, 5) is 21.5. The van der Waals surface area contributed by atoms with E-state index in [1.54, 1.807) is 28.1 Å². The highest BCUT2D eigenvalue weighted by molar-refractivity contribution is 7.93. The van der Waals surface area contributed by atoms with Crippen molar-refractivity contribution in [2.75, 3.05) is 10.0 Å². The van der Waals surface area contributed by atoms with Crippen molar-refractivity contribution in [2.24, 2.45) is 0 Å². The molecule has 3 heterocycles. The zero-order chi connectivity index (χ0) is 19.7. The minimum Gasteiger partial charge on any atom is -0.293 e. The zero-order valence-corrected chi connectivity index (χ0v) is 16.9. The van der Waals surface area contributed by atoms with E-state index < -0.39 is 10.0 Å². The van der Waals surface area contributed by atoms with E-state index in [-0.39, 0.29) is 28.3 Å². The molecule has 4 aromatic rings. The van der Waals surface area contributed by atoms with Crippen molar-refractivity contribution < 1.29 is 13.2 Å². The number of anilines is 2. The van der Waals surface area contributed by atoms with Crippen LogP contribution in [0.3, 0.4) is 0 Å². The number of rotatable bonds is 6. The fraction of sp³-hybridized carbons (Fsp3) is 0.125. The molecule has 28 heavy (non-hydrogen) atoms. The third-order valence-electron chi connectivity index (χ3n) is 3.67. The number of carbonyl (C=O) groups excluding carboxylic acids is 1. The topological polar surface area (TPSA) is 118 Å². The van der Waals surface area contributed by atoms with E-state index in [1.807, 2.05) is 12.3 Å². The van der Waals surface area contributed by atoms with Crippen LogP contribution in [0.4, 0.5) is 11.1 Å². The first-order valence-electron chi connectivity index (χ1n) is 8.04. The summed E-state index contributed by atoms with van der Waals surface area (Å²) in [6.07, 6.45) is -0.0185. The van der Waals surface area contributed by atoms with Crippen LogP contribution in [0.2, 0.25) is 0 Å². The molecule has 3 aromatic heterocycles. The zero-order valence-electron chi connectivity index (χ0n) is 14.5. The fourth-order valence-electron chi connectivity index (χ4n) is 2.39. The number of aromatic nitrogens is 4. The molecule has 1 amide bonds. The van der Waals surface area contributed by atoms with Gasteiger partial charge in [0.1, 0.15) is 0 Å². The van der Waals surface area contributed by atoms with Crippen LogP contribution in [0.1, 0.15) is 11.4 Å². The molecule has 0 bridgehead atoms. The van der Waals surface area contributed by atoms with Crippen LogP contribution >= 0.6 is 22.7 Å². The van der Waals surface area contributed by atoms with Gasteiger partial charge in [-0.05, 0) is 19.1 Å². The van der Waals surface area contributed by atoms with Gasteiger partial charge in [0, 0.05) is 10.8 Å². The Morgan fingerprint density at radius 2 is 1.93 bits per heavy atom. The van der Waals surface area contributed by atoms with Crippen LogP contribution in [-0.2, 0) is 21.2 Å². The molecule has 0 aliphatic rings. The summed E-state index contributed by atoms with van der Waals surface area (Å²) in [5.41, 5.74) is 1.38. The van der Waals surface area contributed by atoms with Gasteiger partial charge in [-0.15, -0.1) is 27.8 Å². The summed E-state index contributed by atoms with van der Waals surface area (Å²) in [6.45, 7) is 1.90. The first kappa shape index (κ1) is 18.5. The second kappa shape index (κ2) is 7.30. The number of carbonyl (C=O) groups is 1. The Bertz CT molecular complexity index is 1240. The molecule has 0 saturated heterocycles. The fourth-order valence-corrected chi connectivity index (χ4v) is 5.17. The van der Waals surface area contributed by atoms with Gasteiger partial charge in [0.25, 0.3) is 10.0 Å². The SMILES string of the molecule is Cc1csc2nc(NC(=O)Cc3csc(NS(=O)(=O)c4ccccc4)n3)nn12. The van der Waals surface area contributed by atoms with Gasteiger partial charge in [-0.1, -0.05) is 18.2 Å². The van der Waals surface area contributed by atoms with E-state index in [0.717, 1.165) is 17.0 Å². The number of sulfonamides is 1. The minimum atomic E-state index is -3.71. The molecule has 0 aliphatic carbocycles. The highest BCUT2D eigenvalue weighted by atomic mass is 32.2. The van der Waals surface area contributed by atoms with Crippen LogP contribution in [0.5, 0.6) is 0 Å². The van der Waals surface area contributed by atoms with E-state index in [0.29, 0.717) is 10.7 Å².